The van der Waals surface area contributed by atoms with Crippen LogP contribution < -0.4 is 17.4 Å². The van der Waals surface area contributed by atoms with Crippen molar-refractivity contribution in [3.05, 3.63) is 96.6 Å². The van der Waals surface area contributed by atoms with Gasteiger partial charge < -0.3 is 28.5 Å². The second-order valence-corrected chi connectivity index (χ2v) is 11.3. The van der Waals surface area contributed by atoms with E-state index < -0.39 is 29.4 Å². The number of halogens is 1. The molecule has 3 aromatic heterocycles. The van der Waals surface area contributed by atoms with Gasteiger partial charge in [0.1, 0.15) is 23.4 Å². The Balaban J connectivity index is 0.00000462. The van der Waals surface area contributed by atoms with Crippen molar-refractivity contribution in [3.63, 3.8) is 0 Å². The molecule has 0 amide bonds. The Kier molecular flexibility index (Phi) is 9.20. The third kappa shape index (κ3) is 6.39. The molecule has 41 heavy (non-hydrogen) atoms. The number of nitrogens with two attached hydrogens (primary N) is 1. The molecule has 0 fully saturated rings. The van der Waals surface area contributed by atoms with Crippen LogP contribution in [0.2, 0.25) is 0 Å². The molecule has 0 saturated carbocycles. The first-order valence-corrected chi connectivity index (χ1v) is 12.9. The summed E-state index contributed by atoms with van der Waals surface area (Å²) in [7, 11) is 0. The number of hydrogen-bond acceptors (Lipinski definition) is 9. The number of aryl methyl sites for hydroxylation is 4. The summed E-state index contributed by atoms with van der Waals surface area (Å²) in [6.07, 6.45) is 0.603. The van der Waals surface area contributed by atoms with E-state index in [0.29, 0.717) is 28.8 Å². The molecule has 1 unspecified atom stereocenters. The quantitative estimate of drug-likeness (QED) is 0.268. The smallest absolute Gasteiger partial charge is 0.481 e. The van der Waals surface area contributed by atoms with Crippen molar-refractivity contribution in [3.8, 4) is 11.1 Å². The van der Waals surface area contributed by atoms with Crippen LogP contribution in [0.5, 0.6) is 0 Å². The van der Waals surface area contributed by atoms with Gasteiger partial charge in [-0.15, -0.1) is 12.4 Å². The first-order chi connectivity index (χ1) is 18.7. The van der Waals surface area contributed by atoms with Crippen LogP contribution in [0, 0.1) is 33.1 Å². The second-order valence-electron chi connectivity index (χ2n) is 11.3. The van der Waals surface area contributed by atoms with Gasteiger partial charge in [-0.25, -0.2) is 9.59 Å². The van der Waals surface area contributed by atoms with E-state index in [2.05, 4.69) is 20.8 Å². The number of carboxylic acid groups (broad SMARTS) is 1. The zero-order chi connectivity index (χ0) is 29.5. The summed E-state index contributed by atoms with van der Waals surface area (Å²) >= 11 is 0. The molecule has 0 spiro atoms. The molecule has 0 aliphatic heterocycles. The average molecular weight is 587 g/mol. The van der Waals surface area contributed by atoms with Crippen molar-refractivity contribution in [1.82, 2.24) is 4.98 Å². The number of carboxylic acids is 1. The zero-order valence-corrected chi connectivity index (χ0v) is 24.9. The maximum atomic E-state index is 13.3. The summed E-state index contributed by atoms with van der Waals surface area (Å²) in [6.45, 7) is 13.0. The molecule has 220 valence electrons. The number of aliphatic carboxylic acids is 1. The fourth-order valence-corrected chi connectivity index (χ4v) is 5.25. The van der Waals surface area contributed by atoms with Crippen molar-refractivity contribution < 1.29 is 27.6 Å². The van der Waals surface area contributed by atoms with Crippen LogP contribution in [0.1, 0.15) is 83.7 Å². The number of pyridine rings is 1. The molecule has 10 nitrogen and oxygen atoms in total. The standard InChI is InChI=1S/C30H34N2O8.ClH/c1-14-8-10-18(11-9-14)22-19(13-31)20(12-30(5,6)7)32-15(2)21(22)23(27(33)34)24(25-16(3)37-28(35)39-25)26-17(4)38-29(36)40-26;/h8-11,23-24H,12-13,31H2,1-7H3,(H,33,34);1H. The van der Waals surface area contributed by atoms with E-state index in [9.17, 15) is 19.5 Å². The molecule has 0 bridgehead atoms. The maximum Gasteiger partial charge on any atom is 0.519 e. The van der Waals surface area contributed by atoms with E-state index in [1.165, 1.54) is 13.8 Å². The van der Waals surface area contributed by atoms with Crippen molar-refractivity contribution in [2.45, 2.75) is 73.3 Å². The highest BCUT2D eigenvalue weighted by Crippen LogP contribution is 2.46. The predicted octanol–water partition coefficient (Wildman–Crippen LogP) is 5.54. The van der Waals surface area contributed by atoms with Crippen molar-refractivity contribution in [1.29, 1.82) is 0 Å². The monoisotopic (exact) mass is 586 g/mol. The molecule has 4 rings (SSSR count). The van der Waals surface area contributed by atoms with E-state index in [1.807, 2.05) is 31.2 Å². The minimum Gasteiger partial charge on any atom is -0.481 e. The highest BCUT2D eigenvalue weighted by molar-refractivity contribution is 5.86. The summed E-state index contributed by atoms with van der Waals surface area (Å²) in [6, 6.07) is 7.69. The minimum absolute atomic E-state index is 0. The zero-order valence-electron chi connectivity index (χ0n) is 24.1. The summed E-state index contributed by atoms with van der Waals surface area (Å²) in [5, 5.41) is 10.8. The lowest BCUT2D eigenvalue weighted by atomic mass is 9.76. The van der Waals surface area contributed by atoms with Gasteiger partial charge in [0.2, 0.25) is 0 Å². The molecule has 0 saturated heterocycles. The SMILES string of the molecule is Cc1ccc(-c2c(CN)c(CC(C)(C)C)nc(C)c2C(C(=O)O)C(c2oc(=O)oc2C)c2oc(=O)oc2C)cc1.Cl. The molecule has 11 heteroatoms. The lowest BCUT2D eigenvalue weighted by Gasteiger charge is -2.29. The van der Waals surface area contributed by atoms with Crippen molar-refractivity contribution >= 4 is 18.4 Å². The molecule has 3 N–H and O–H groups in total. The van der Waals surface area contributed by atoms with Gasteiger partial charge >= 0.3 is 17.6 Å². The average Bonchev–Trinajstić information content (AvgIpc) is 3.35. The van der Waals surface area contributed by atoms with Gasteiger partial charge in [0.05, 0.1) is 0 Å². The van der Waals surface area contributed by atoms with E-state index in [0.717, 1.165) is 16.8 Å². The van der Waals surface area contributed by atoms with Crippen LogP contribution in [0.15, 0.2) is 51.5 Å². The topological polar surface area (TPSA) is 163 Å². The Bertz CT molecular complexity index is 1610. The molecule has 1 atom stereocenters. The number of hydrogen-bond donors (Lipinski definition) is 2. The fourth-order valence-electron chi connectivity index (χ4n) is 5.25. The first-order valence-electron chi connectivity index (χ1n) is 12.9. The second kappa shape index (κ2) is 11.9. The third-order valence-corrected chi connectivity index (χ3v) is 6.88. The lowest BCUT2D eigenvalue weighted by Crippen LogP contribution is -2.26. The Morgan fingerprint density at radius 3 is 1.83 bits per heavy atom. The fraction of sp³-hybridized carbons (Fsp3) is 0.400. The Labute approximate surface area is 243 Å². The van der Waals surface area contributed by atoms with E-state index in [1.54, 1.807) is 6.92 Å². The summed E-state index contributed by atoms with van der Waals surface area (Å²) in [5.74, 6) is -6.09. The Morgan fingerprint density at radius 2 is 1.44 bits per heavy atom. The summed E-state index contributed by atoms with van der Waals surface area (Å²) in [4.78, 5) is 42.4. The van der Waals surface area contributed by atoms with Crippen molar-refractivity contribution in [2.24, 2.45) is 11.1 Å². The minimum atomic E-state index is -1.43. The largest absolute Gasteiger partial charge is 0.519 e. The molecular formula is C30H35ClN2O8. The molecular weight excluding hydrogens is 552 g/mol. The Morgan fingerprint density at radius 1 is 0.927 bits per heavy atom. The molecule has 1 aromatic carbocycles. The highest BCUT2D eigenvalue weighted by atomic mass is 35.5. The maximum absolute atomic E-state index is 13.3. The van der Waals surface area contributed by atoms with Gasteiger partial charge in [0, 0.05) is 17.9 Å². The third-order valence-electron chi connectivity index (χ3n) is 6.88. The highest BCUT2D eigenvalue weighted by Gasteiger charge is 2.43. The van der Waals surface area contributed by atoms with Crippen LogP contribution in [-0.4, -0.2) is 16.1 Å². The van der Waals surface area contributed by atoms with Crippen LogP contribution in [0.4, 0.5) is 0 Å². The van der Waals surface area contributed by atoms with E-state index in [4.69, 9.17) is 28.4 Å². The van der Waals surface area contributed by atoms with E-state index >= 15 is 0 Å². The van der Waals surface area contributed by atoms with Crippen LogP contribution >= 0.6 is 12.4 Å². The normalized spacial score (nSPS) is 12.4. The summed E-state index contributed by atoms with van der Waals surface area (Å²) in [5.41, 5.74) is 10.9. The molecule has 4 aromatic rings. The molecule has 0 radical (unpaired) electrons. The van der Waals surface area contributed by atoms with Crippen molar-refractivity contribution in [2.75, 3.05) is 0 Å². The first kappa shape index (κ1) is 31.6. The number of aromatic nitrogens is 1. The van der Waals surface area contributed by atoms with E-state index in [-0.39, 0.29) is 47.4 Å². The number of nitrogens with zero attached hydrogens (tertiary/aromatic N) is 1. The van der Waals surface area contributed by atoms with Gasteiger partial charge in [-0.05, 0) is 61.8 Å². The number of rotatable bonds is 8. The number of benzene rings is 1. The predicted molar refractivity (Wildman–Crippen MR) is 154 cm³/mol. The van der Waals surface area contributed by atoms with Gasteiger partial charge in [-0.1, -0.05) is 50.6 Å². The van der Waals surface area contributed by atoms with Gasteiger partial charge in [0.25, 0.3) is 0 Å². The lowest BCUT2D eigenvalue weighted by molar-refractivity contribution is -0.139. The van der Waals surface area contributed by atoms with Crippen LogP contribution in [0.25, 0.3) is 11.1 Å². The Hall–Kier alpha value is -3.89. The van der Waals surface area contributed by atoms with Gasteiger partial charge in [-0.2, -0.15) is 0 Å². The van der Waals surface area contributed by atoms with Gasteiger partial charge in [-0.3, -0.25) is 9.78 Å². The molecule has 3 heterocycles. The van der Waals surface area contributed by atoms with Crippen LogP contribution in [-0.2, 0) is 17.8 Å². The molecule has 0 aliphatic rings. The summed E-state index contributed by atoms with van der Waals surface area (Å²) < 4.78 is 20.9. The molecule has 0 aliphatic carbocycles. The van der Waals surface area contributed by atoms with Crippen LogP contribution in [0.3, 0.4) is 0 Å². The van der Waals surface area contributed by atoms with Gasteiger partial charge in [0.15, 0.2) is 11.5 Å². The number of carbonyl (C=O) groups is 1.